The maximum absolute atomic E-state index is 11.6. The van der Waals surface area contributed by atoms with Crippen molar-refractivity contribution in [1.82, 2.24) is 4.98 Å². The summed E-state index contributed by atoms with van der Waals surface area (Å²) < 4.78 is 4.78. The molecule has 0 radical (unpaired) electrons. The van der Waals surface area contributed by atoms with Crippen molar-refractivity contribution in [2.75, 3.05) is 6.61 Å². The van der Waals surface area contributed by atoms with E-state index < -0.39 is 11.9 Å². The van der Waals surface area contributed by atoms with Crippen LogP contribution in [0.4, 0.5) is 0 Å². The van der Waals surface area contributed by atoms with Crippen LogP contribution in [0.5, 0.6) is 0 Å². The minimum atomic E-state index is -0.783. The van der Waals surface area contributed by atoms with Crippen LogP contribution in [0.25, 0.3) is 10.9 Å². The highest BCUT2D eigenvalue weighted by Gasteiger charge is 2.24. The molecule has 2 rings (SSSR count). The molecule has 1 aromatic heterocycles. The summed E-state index contributed by atoms with van der Waals surface area (Å²) in [6.07, 6.45) is 0. The zero-order chi connectivity index (χ0) is 14.0. The molecule has 1 aromatic carbocycles. The third-order valence-corrected chi connectivity index (χ3v) is 2.68. The van der Waals surface area contributed by atoms with Crippen molar-refractivity contribution in [3.63, 3.8) is 0 Å². The van der Waals surface area contributed by atoms with Gasteiger partial charge in [-0.3, -0.25) is 10.2 Å². The van der Waals surface area contributed by atoms with E-state index in [0.29, 0.717) is 10.9 Å². The summed E-state index contributed by atoms with van der Waals surface area (Å²) in [6, 6.07) is 6.98. The van der Waals surface area contributed by atoms with Gasteiger partial charge in [0.2, 0.25) is 0 Å². The van der Waals surface area contributed by atoms with Crippen LogP contribution >= 0.6 is 0 Å². The molecular weight excluding hydrogens is 246 g/mol. The quantitative estimate of drug-likeness (QED) is 0.566. The summed E-state index contributed by atoms with van der Waals surface area (Å²) >= 11 is 0. The lowest BCUT2D eigenvalue weighted by molar-refractivity contribution is -0.135. The number of para-hydroxylation sites is 1. The molecule has 0 bridgehead atoms. The Hall–Kier alpha value is -2.63. The van der Waals surface area contributed by atoms with Crippen molar-refractivity contribution in [1.29, 1.82) is 5.41 Å². The van der Waals surface area contributed by atoms with E-state index in [9.17, 15) is 9.59 Å². The molecule has 0 aliphatic carbocycles. The average molecular weight is 259 g/mol. The number of H-pyrrole nitrogens is 1. The van der Waals surface area contributed by atoms with Crippen LogP contribution < -0.4 is 5.73 Å². The molecule has 1 heterocycles. The van der Waals surface area contributed by atoms with E-state index in [-0.39, 0.29) is 23.6 Å². The van der Waals surface area contributed by atoms with Gasteiger partial charge in [-0.25, -0.2) is 4.79 Å². The lowest BCUT2D eigenvalue weighted by Crippen LogP contribution is -2.22. The number of benzene rings is 1. The fourth-order valence-electron chi connectivity index (χ4n) is 1.89. The Morgan fingerprint density at radius 1 is 1.37 bits per heavy atom. The van der Waals surface area contributed by atoms with Gasteiger partial charge < -0.3 is 15.5 Å². The molecule has 0 aliphatic heterocycles. The molecule has 6 heteroatoms. The number of carbonyl (C=O) groups is 2. The third-order valence-electron chi connectivity index (χ3n) is 2.68. The maximum Gasteiger partial charge on any atom is 0.356 e. The number of aromatic nitrogens is 1. The first-order chi connectivity index (χ1) is 9.06. The average Bonchev–Trinajstić information content (AvgIpc) is 2.77. The van der Waals surface area contributed by atoms with Crippen LogP contribution in [0.3, 0.4) is 0 Å². The van der Waals surface area contributed by atoms with Gasteiger partial charge in [0.15, 0.2) is 0 Å². The first kappa shape index (κ1) is 12.8. The van der Waals surface area contributed by atoms with Crippen LogP contribution in [-0.4, -0.2) is 29.2 Å². The highest BCUT2D eigenvalue weighted by Crippen LogP contribution is 2.23. The van der Waals surface area contributed by atoms with E-state index >= 15 is 0 Å². The monoisotopic (exact) mass is 259 g/mol. The number of esters is 1. The Balaban J connectivity index is 2.63. The second-order valence-corrected chi connectivity index (χ2v) is 3.88. The van der Waals surface area contributed by atoms with Crippen molar-refractivity contribution in [2.24, 2.45) is 5.73 Å². The van der Waals surface area contributed by atoms with E-state index in [1.54, 1.807) is 31.2 Å². The van der Waals surface area contributed by atoms with Gasteiger partial charge >= 0.3 is 5.97 Å². The largest absolute Gasteiger partial charge is 0.461 e. The fourth-order valence-corrected chi connectivity index (χ4v) is 1.89. The normalized spacial score (nSPS) is 10.4. The van der Waals surface area contributed by atoms with Gasteiger partial charge in [-0.2, -0.15) is 0 Å². The van der Waals surface area contributed by atoms with Gasteiger partial charge in [-0.1, -0.05) is 18.2 Å². The second-order valence-electron chi connectivity index (χ2n) is 3.88. The van der Waals surface area contributed by atoms with Gasteiger partial charge in [0.05, 0.1) is 6.61 Å². The molecule has 4 N–H and O–H groups in total. The van der Waals surface area contributed by atoms with Crippen LogP contribution in [0, 0.1) is 5.41 Å². The molecule has 0 atom stereocenters. The minimum absolute atomic E-state index is 0.0410. The van der Waals surface area contributed by atoms with Gasteiger partial charge in [0.25, 0.3) is 5.91 Å². The lowest BCUT2D eigenvalue weighted by atomic mass is 10.1. The Labute approximate surface area is 109 Å². The number of hydrogen-bond acceptors (Lipinski definition) is 4. The fraction of sp³-hybridized carbons (Fsp3) is 0.154. The Kier molecular flexibility index (Phi) is 3.33. The van der Waals surface area contributed by atoms with E-state index in [0.717, 1.165) is 0 Å². The maximum atomic E-state index is 11.6. The predicted octanol–water partition coefficient (Wildman–Crippen LogP) is 1.20. The highest BCUT2D eigenvalue weighted by atomic mass is 16.5. The Morgan fingerprint density at radius 3 is 2.68 bits per heavy atom. The number of nitrogens with one attached hydrogen (secondary N) is 2. The molecule has 0 fully saturated rings. The number of primary amides is 1. The number of rotatable bonds is 4. The summed E-state index contributed by atoms with van der Waals surface area (Å²) in [6.45, 7) is 1.81. The topological polar surface area (TPSA) is 109 Å². The summed E-state index contributed by atoms with van der Waals surface area (Å²) in [5.74, 6) is -1.50. The third kappa shape index (κ3) is 2.20. The van der Waals surface area contributed by atoms with Gasteiger partial charge in [-0.15, -0.1) is 0 Å². The molecule has 19 heavy (non-hydrogen) atoms. The number of hydrogen-bond donors (Lipinski definition) is 3. The van der Waals surface area contributed by atoms with Gasteiger partial charge in [-0.05, 0) is 13.0 Å². The van der Waals surface area contributed by atoms with E-state index in [1.807, 2.05) is 0 Å². The number of fused-ring (bicyclic) bond motifs is 1. The minimum Gasteiger partial charge on any atom is -0.461 e. The lowest BCUT2D eigenvalue weighted by Gasteiger charge is -2.04. The standard InChI is InChI=1S/C13H13N3O3/c1-2-19-13(18)10(14)9-7-5-3-4-6-8(7)16-11(9)12(15)17/h3-6,14,16H,2H2,1H3,(H2,15,17). The SMILES string of the molecule is CCOC(=O)C(=N)c1c(C(N)=O)[nH]c2ccccc12. The predicted molar refractivity (Wildman–Crippen MR) is 70.3 cm³/mol. The molecule has 6 nitrogen and oxygen atoms in total. The first-order valence-electron chi connectivity index (χ1n) is 5.72. The van der Waals surface area contributed by atoms with E-state index in [2.05, 4.69) is 4.98 Å². The molecular formula is C13H13N3O3. The molecule has 0 aliphatic rings. The van der Waals surface area contributed by atoms with Crippen LogP contribution in [0.2, 0.25) is 0 Å². The summed E-state index contributed by atoms with van der Waals surface area (Å²) in [5.41, 5.74) is 5.75. The molecule has 1 amide bonds. The van der Waals surface area contributed by atoms with Crippen LogP contribution in [0.1, 0.15) is 23.0 Å². The van der Waals surface area contributed by atoms with Crippen molar-refractivity contribution in [3.8, 4) is 0 Å². The van der Waals surface area contributed by atoms with Crippen LogP contribution in [-0.2, 0) is 9.53 Å². The number of aromatic amines is 1. The first-order valence-corrected chi connectivity index (χ1v) is 5.72. The summed E-state index contributed by atoms with van der Waals surface area (Å²) in [4.78, 5) is 25.9. The summed E-state index contributed by atoms with van der Waals surface area (Å²) in [5, 5.41) is 8.46. The number of amides is 1. The zero-order valence-corrected chi connectivity index (χ0v) is 10.3. The van der Waals surface area contributed by atoms with E-state index in [4.69, 9.17) is 15.9 Å². The molecule has 0 spiro atoms. The Morgan fingerprint density at radius 2 is 2.05 bits per heavy atom. The molecule has 2 aromatic rings. The molecule has 0 unspecified atom stereocenters. The van der Waals surface area contributed by atoms with Gasteiger partial charge in [0.1, 0.15) is 11.4 Å². The van der Waals surface area contributed by atoms with Crippen molar-refractivity contribution in [3.05, 3.63) is 35.5 Å². The van der Waals surface area contributed by atoms with Crippen LogP contribution in [0.15, 0.2) is 24.3 Å². The van der Waals surface area contributed by atoms with Crippen molar-refractivity contribution >= 4 is 28.5 Å². The highest BCUT2D eigenvalue weighted by molar-refractivity contribution is 6.45. The van der Waals surface area contributed by atoms with Gasteiger partial charge in [0, 0.05) is 16.5 Å². The molecule has 0 saturated heterocycles. The molecule has 98 valence electrons. The summed E-state index contributed by atoms with van der Waals surface area (Å²) in [7, 11) is 0. The number of nitrogens with two attached hydrogens (primary N) is 1. The zero-order valence-electron chi connectivity index (χ0n) is 10.3. The smallest absolute Gasteiger partial charge is 0.356 e. The second kappa shape index (κ2) is 4.93. The van der Waals surface area contributed by atoms with Crippen molar-refractivity contribution in [2.45, 2.75) is 6.92 Å². The molecule has 0 saturated carbocycles. The van der Waals surface area contributed by atoms with E-state index in [1.165, 1.54) is 0 Å². The number of ether oxygens (including phenoxy) is 1. The Bertz CT molecular complexity index is 673. The number of carbonyl (C=O) groups excluding carboxylic acids is 2. The van der Waals surface area contributed by atoms with Crippen molar-refractivity contribution < 1.29 is 14.3 Å².